The summed E-state index contributed by atoms with van der Waals surface area (Å²) in [6.45, 7) is 0. The summed E-state index contributed by atoms with van der Waals surface area (Å²) in [5.41, 5.74) is 0.910. The first-order chi connectivity index (χ1) is 11.0. The Hall–Kier alpha value is -2.53. The second-order valence-corrected chi connectivity index (χ2v) is 5.02. The van der Waals surface area contributed by atoms with Crippen LogP contribution in [0.4, 0.5) is 4.39 Å². The summed E-state index contributed by atoms with van der Waals surface area (Å²) in [7, 11) is 2.92. The van der Waals surface area contributed by atoms with Crippen molar-refractivity contribution in [1.82, 2.24) is 0 Å². The fraction of sp³-hybridized carbons (Fsp3) is 0.118. The minimum absolute atomic E-state index is 0.00767. The Kier molecular flexibility index (Phi) is 5.24. The summed E-state index contributed by atoms with van der Waals surface area (Å²) in [6, 6.07) is 8.38. The second-order valence-electron chi connectivity index (χ2n) is 4.61. The molecule has 2 aromatic carbocycles. The van der Waals surface area contributed by atoms with Crippen molar-refractivity contribution in [2.45, 2.75) is 0 Å². The number of halogens is 2. The van der Waals surface area contributed by atoms with Crippen LogP contribution in [0.5, 0.6) is 11.5 Å². The predicted octanol–water partition coefficient (Wildman–Crippen LogP) is 4.12. The zero-order valence-corrected chi connectivity index (χ0v) is 13.2. The second kappa shape index (κ2) is 7.15. The normalized spacial score (nSPS) is 11.2. The number of rotatable bonds is 5. The summed E-state index contributed by atoms with van der Waals surface area (Å²) >= 11 is 6.11. The number of carboxylic acid groups (broad SMARTS) is 1. The van der Waals surface area contributed by atoms with Crippen LogP contribution in [0.2, 0.25) is 5.02 Å². The van der Waals surface area contributed by atoms with Crippen molar-refractivity contribution in [3.8, 4) is 11.5 Å². The minimum atomic E-state index is -1.14. The van der Waals surface area contributed by atoms with E-state index in [0.717, 1.165) is 0 Å². The molecule has 23 heavy (non-hydrogen) atoms. The molecule has 0 saturated carbocycles. The van der Waals surface area contributed by atoms with Gasteiger partial charge in [0, 0.05) is 0 Å². The highest BCUT2D eigenvalue weighted by molar-refractivity contribution is 6.32. The summed E-state index contributed by atoms with van der Waals surface area (Å²) in [5.74, 6) is -0.824. The number of aliphatic carboxylic acids is 1. The van der Waals surface area contributed by atoms with E-state index in [9.17, 15) is 14.3 Å². The molecule has 0 fully saturated rings. The molecular formula is C17H14ClFO4. The van der Waals surface area contributed by atoms with Gasteiger partial charge in [-0.2, -0.15) is 0 Å². The lowest BCUT2D eigenvalue weighted by atomic mass is 10.0. The Morgan fingerprint density at radius 2 is 1.83 bits per heavy atom. The number of hydrogen-bond donors (Lipinski definition) is 1. The number of ether oxygens (including phenoxy) is 2. The molecule has 6 heteroatoms. The van der Waals surface area contributed by atoms with Gasteiger partial charge in [-0.1, -0.05) is 23.7 Å². The summed E-state index contributed by atoms with van der Waals surface area (Å²) in [4.78, 5) is 11.5. The van der Waals surface area contributed by atoms with Crippen LogP contribution in [-0.2, 0) is 4.79 Å². The third kappa shape index (κ3) is 3.81. The van der Waals surface area contributed by atoms with E-state index in [-0.39, 0.29) is 5.57 Å². The van der Waals surface area contributed by atoms with Gasteiger partial charge in [0.15, 0.2) is 11.5 Å². The van der Waals surface area contributed by atoms with Gasteiger partial charge in [0.2, 0.25) is 0 Å². The van der Waals surface area contributed by atoms with Crippen LogP contribution < -0.4 is 9.47 Å². The third-order valence-corrected chi connectivity index (χ3v) is 3.43. The van der Waals surface area contributed by atoms with E-state index in [1.807, 2.05) is 0 Å². The molecule has 2 rings (SSSR count). The first-order valence-electron chi connectivity index (χ1n) is 6.58. The molecule has 0 bridgehead atoms. The van der Waals surface area contributed by atoms with E-state index in [0.29, 0.717) is 27.6 Å². The zero-order chi connectivity index (χ0) is 17.0. The number of hydrogen-bond acceptors (Lipinski definition) is 3. The van der Waals surface area contributed by atoms with E-state index in [1.165, 1.54) is 44.6 Å². The zero-order valence-electron chi connectivity index (χ0n) is 12.5. The van der Waals surface area contributed by atoms with Crippen molar-refractivity contribution in [2.24, 2.45) is 0 Å². The van der Waals surface area contributed by atoms with E-state index < -0.39 is 11.8 Å². The van der Waals surface area contributed by atoms with Crippen molar-refractivity contribution in [1.29, 1.82) is 0 Å². The van der Waals surface area contributed by atoms with Crippen molar-refractivity contribution in [3.05, 3.63) is 58.4 Å². The van der Waals surface area contributed by atoms with Crippen LogP contribution in [0.3, 0.4) is 0 Å². The highest BCUT2D eigenvalue weighted by Crippen LogP contribution is 2.37. The van der Waals surface area contributed by atoms with E-state index in [4.69, 9.17) is 21.1 Å². The Morgan fingerprint density at radius 1 is 1.17 bits per heavy atom. The first-order valence-corrected chi connectivity index (χ1v) is 6.96. The van der Waals surface area contributed by atoms with Gasteiger partial charge >= 0.3 is 5.97 Å². The van der Waals surface area contributed by atoms with Gasteiger partial charge in [0.25, 0.3) is 0 Å². The lowest BCUT2D eigenvalue weighted by molar-refractivity contribution is -0.130. The SMILES string of the molecule is COc1cc(/C=C(\C(=O)O)c2ccc(F)cc2)cc(Cl)c1OC. The number of carbonyl (C=O) groups is 1. The molecule has 0 aliphatic rings. The molecule has 0 unspecified atom stereocenters. The van der Waals surface area contributed by atoms with Gasteiger partial charge in [-0.15, -0.1) is 0 Å². The summed E-state index contributed by atoms with van der Waals surface area (Å²) in [5, 5.41) is 9.70. The van der Waals surface area contributed by atoms with Crippen molar-refractivity contribution in [3.63, 3.8) is 0 Å². The molecular weight excluding hydrogens is 323 g/mol. The topological polar surface area (TPSA) is 55.8 Å². The Balaban J connectivity index is 2.54. The van der Waals surface area contributed by atoms with E-state index in [1.54, 1.807) is 12.1 Å². The van der Waals surface area contributed by atoms with Crippen molar-refractivity contribution < 1.29 is 23.8 Å². The van der Waals surface area contributed by atoms with Crippen LogP contribution in [0.25, 0.3) is 11.6 Å². The number of carboxylic acids is 1. The average molecular weight is 337 g/mol. The molecule has 0 radical (unpaired) electrons. The van der Waals surface area contributed by atoms with Gasteiger partial charge in [0.05, 0.1) is 24.8 Å². The maximum absolute atomic E-state index is 13.0. The molecule has 1 N–H and O–H groups in total. The quantitative estimate of drug-likeness (QED) is 0.659. The molecule has 0 aliphatic carbocycles. The van der Waals surface area contributed by atoms with Gasteiger partial charge in [-0.25, -0.2) is 9.18 Å². The summed E-state index contributed by atoms with van der Waals surface area (Å²) in [6.07, 6.45) is 1.43. The highest BCUT2D eigenvalue weighted by atomic mass is 35.5. The minimum Gasteiger partial charge on any atom is -0.493 e. The summed E-state index contributed by atoms with van der Waals surface area (Å²) < 4.78 is 23.3. The monoisotopic (exact) mass is 336 g/mol. The predicted molar refractivity (Wildman–Crippen MR) is 86.5 cm³/mol. The molecule has 0 aromatic heterocycles. The molecule has 4 nitrogen and oxygen atoms in total. The molecule has 0 saturated heterocycles. The van der Waals surface area contributed by atoms with Crippen LogP contribution in [0.15, 0.2) is 36.4 Å². The van der Waals surface area contributed by atoms with Crippen LogP contribution in [0.1, 0.15) is 11.1 Å². The van der Waals surface area contributed by atoms with Crippen LogP contribution in [0, 0.1) is 5.82 Å². The molecule has 0 heterocycles. The highest BCUT2D eigenvalue weighted by Gasteiger charge is 2.14. The molecule has 0 amide bonds. The standard InChI is InChI=1S/C17H14ClFO4/c1-22-15-9-10(8-14(18)16(15)23-2)7-13(17(20)21)11-3-5-12(19)6-4-11/h3-9H,1-2H3,(H,20,21)/b13-7-. The van der Waals surface area contributed by atoms with Crippen molar-refractivity contribution >= 4 is 29.2 Å². The molecule has 2 aromatic rings. The fourth-order valence-corrected chi connectivity index (χ4v) is 2.38. The van der Waals surface area contributed by atoms with E-state index in [2.05, 4.69) is 0 Å². The molecule has 120 valence electrons. The van der Waals surface area contributed by atoms with Gasteiger partial charge in [-0.05, 0) is 41.5 Å². The first kappa shape index (κ1) is 16.8. The van der Waals surface area contributed by atoms with Crippen LogP contribution in [-0.4, -0.2) is 25.3 Å². The number of benzene rings is 2. The third-order valence-electron chi connectivity index (χ3n) is 3.15. The van der Waals surface area contributed by atoms with Gasteiger partial charge in [-0.3, -0.25) is 0 Å². The Labute approximate surface area is 137 Å². The molecule has 0 aliphatic heterocycles. The van der Waals surface area contributed by atoms with E-state index >= 15 is 0 Å². The largest absolute Gasteiger partial charge is 0.493 e. The maximum atomic E-state index is 13.0. The average Bonchev–Trinajstić information content (AvgIpc) is 2.52. The van der Waals surface area contributed by atoms with Crippen molar-refractivity contribution in [2.75, 3.05) is 14.2 Å². The molecule has 0 spiro atoms. The number of methoxy groups -OCH3 is 2. The van der Waals surface area contributed by atoms with Gasteiger partial charge < -0.3 is 14.6 Å². The fourth-order valence-electron chi connectivity index (χ4n) is 2.09. The maximum Gasteiger partial charge on any atom is 0.336 e. The Bertz CT molecular complexity index is 754. The Morgan fingerprint density at radius 3 is 2.35 bits per heavy atom. The lowest BCUT2D eigenvalue weighted by Crippen LogP contribution is -2.00. The lowest BCUT2D eigenvalue weighted by Gasteiger charge is -2.11. The smallest absolute Gasteiger partial charge is 0.336 e. The molecule has 0 atom stereocenters. The van der Waals surface area contributed by atoms with Crippen LogP contribution >= 0.6 is 11.6 Å². The van der Waals surface area contributed by atoms with Gasteiger partial charge in [0.1, 0.15) is 5.82 Å².